The summed E-state index contributed by atoms with van der Waals surface area (Å²) in [7, 11) is -5.42. The van der Waals surface area contributed by atoms with Crippen molar-refractivity contribution < 1.29 is 73.9 Å². The van der Waals surface area contributed by atoms with Gasteiger partial charge in [-0.15, -0.1) is 0 Å². The number of aliphatic hydroxyl groups excluding tert-OH is 7. The highest BCUT2D eigenvalue weighted by molar-refractivity contribution is 7.46. The van der Waals surface area contributed by atoms with Crippen molar-refractivity contribution in [1.29, 1.82) is 0 Å². The number of hydrogen-bond acceptors (Lipinski definition) is 13. The van der Waals surface area contributed by atoms with Gasteiger partial charge in [0.15, 0.2) is 18.7 Å². The minimum atomic E-state index is -5.42. The average Bonchev–Trinajstić information content (AvgIpc) is 2.56. The molecular weight excluding hydrogens is 403 g/mol. The van der Waals surface area contributed by atoms with Crippen LogP contribution in [0.1, 0.15) is 0 Å². The maximum Gasteiger partial charge on any atom is 0.474 e. The maximum absolute atomic E-state index is 10.9. The summed E-state index contributed by atoms with van der Waals surface area (Å²) >= 11 is 0. The molecule has 2 heterocycles. The Bertz CT molecular complexity index is 554. The van der Waals surface area contributed by atoms with E-state index in [0.717, 1.165) is 0 Å². The van der Waals surface area contributed by atoms with Crippen molar-refractivity contribution in [3.8, 4) is 0 Å². The molecule has 15 nitrogen and oxygen atoms in total. The monoisotopic (exact) mass is 424 g/mol. The van der Waals surface area contributed by atoms with E-state index in [1.165, 1.54) is 0 Å². The quantitative estimate of drug-likeness (QED) is 0.145. The molecule has 10 atom stereocenters. The lowest BCUT2D eigenvalue weighted by atomic mass is 9.97. The Labute approximate surface area is 150 Å². The number of hydrogen-bond donors (Lipinski definition) is 10. The van der Waals surface area contributed by atoms with Crippen LogP contribution in [0, 0.1) is 0 Å². The molecule has 0 aromatic heterocycles. The normalized spacial score (nSPS) is 49.2. The standard InChI is InChI=1S/C11H21O15P/c12-1-2-7(23-10-5(15)3(13)4(14)9(18)24-10)6(16)8(17)11(19,25-2)26-27(20,21)22/h2-10,12-19H,1H2,(H2,20,21,22)/t2-,3+,4+,5-,6-,7-,8-,9+,10-,11-/m1/s1. The summed E-state index contributed by atoms with van der Waals surface area (Å²) in [4.78, 5) is 17.5. The third-order valence-corrected chi connectivity index (χ3v) is 4.49. The van der Waals surface area contributed by atoms with E-state index in [1.54, 1.807) is 0 Å². The van der Waals surface area contributed by atoms with Crippen LogP contribution >= 0.6 is 7.82 Å². The van der Waals surface area contributed by atoms with Crippen molar-refractivity contribution in [1.82, 2.24) is 0 Å². The molecule has 0 radical (unpaired) electrons. The van der Waals surface area contributed by atoms with Crippen LogP contribution in [-0.4, -0.2) is 119 Å². The molecule has 10 N–H and O–H groups in total. The second-order valence-electron chi connectivity index (χ2n) is 5.95. The smallest absolute Gasteiger partial charge is 0.394 e. The molecule has 0 unspecified atom stereocenters. The van der Waals surface area contributed by atoms with Gasteiger partial charge in [-0.1, -0.05) is 0 Å². The number of phosphoric acid groups is 1. The van der Waals surface area contributed by atoms with Gasteiger partial charge in [0, 0.05) is 0 Å². The van der Waals surface area contributed by atoms with Gasteiger partial charge < -0.3 is 64.8 Å². The van der Waals surface area contributed by atoms with E-state index in [2.05, 4.69) is 4.52 Å². The highest BCUT2D eigenvalue weighted by Crippen LogP contribution is 2.45. The van der Waals surface area contributed by atoms with E-state index in [1.807, 2.05) is 0 Å². The summed E-state index contributed by atoms with van der Waals surface area (Å²) in [6, 6.07) is 0. The van der Waals surface area contributed by atoms with E-state index in [-0.39, 0.29) is 0 Å². The first-order valence-corrected chi connectivity index (χ1v) is 9.00. The Balaban J connectivity index is 2.19. The molecule has 160 valence electrons. The van der Waals surface area contributed by atoms with Crippen molar-refractivity contribution in [2.45, 2.75) is 61.3 Å². The zero-order valence-electron chi connectivity index (χ0n) is 13.4. The predicted molar refractivity (Wildman–Crippen MR) is 75.8 cm³/mol. The maximum atomic E-state index is 10.9. The Hall–Kier alpha value is -0.330. The fourth-order valence-corrected chi connectivity index (χ4v) is 3.11. The van der Waals surface area contributed by atoms with E-state index in [4.69, 9.17) is 24.0 Å². The molecule has 0 bridgehead atoms. The Kier molecular flexibility index (Phi) is 6.96. The minimum Gasteiger partial charge on any atom is -0.394 e. The summed E-state index contributed by atoms with van der Waals surface area (Å²) < 4.78 is 29.3. The number of aliphatic hydroxyl groups is 8. The first-order valence-electron chi connectivity index (χ1n) is 7.47. The van der Waals surface area contributed by atoms with Crippen molar-refractivity contribution >= 4 is 7.82 Å². The van der Waals surface area contributed by atoms with Gasteiger partial charge in [-0.25, -0.2) is 9.09 Å². The molecule has 0 aromatic rings. The summed E-state index contributed by atoms with van der Waals surface area (Å²) in [5, 5.41) is 77.5. The highest BCUT2D eigenvalue weighted by atomic mass is 31.2. The largest absolute Gasteiger partial charge is 0.474 e. The minimum absolute atomic E-state index is 1.04. The molecule has 2 fully saturated rings. The molecule has 0 aliphatic carbocycles. The van der Waals surface area contributed by atoms with Gasteiger partial charge in [0.05, 0.1) is 6.61 Å². The van der Waals surface area contributed by atoms with Gasteiger partial charge in [-0.2, -0.15) is 0 Å². The fourth-order valence-electron chi connectivity index (χ4n) is 2.62. The lowest BCUT2D eigenvalue weighted by molar-refractivity contribution is -0.441. The molecule has 27 heavy (non-hydrogen) atoms. The third kappa shape index (κ3) is 4.81. The van der Waals surface area contributed by atoms with Crippen LogP contribution in [-0.2, 0) is 23.3 Å². The van der Waals surface area contributed by atoms with Crippen molar-refractivity contribution in [2.24, 2.45) is 0 Å². The first-order chi connectivity index (χ1) is 12.3. The van der Waals surface area contributed by atoms with Gasteiger partial charge in [-0.3, -0.25) is 0 Å². The lowest BCUT2D eigenvalue weighted by Gasteiger charge is -2.47. The van der Waals surface area contributed by atoms with Crippen LogP contribution in [0.3, 0.4) is 0 Å². The number of phosphoric ester groups is 1. The van der Waals surface area contributed by atoms with Crippen LogP contribution in [0.25, 0.3) is 0 Å². The molecular formula is C11H21O15P. The van der Waals surface area contributed by atoms with Crippen LogP contribution in [0.2, 0.25) is 0 Å². The van der Waals surface area contributed by atoms with E-state index >= 15 is 0 Å². The third-order valence-electron chi connectivity index (χ3n) is 3.99. The lowest BCUT2D eigenvalue weighted by Crippen LogP contribution is -2.68. The van der Waals surface area contributed by atoms with Crippen molar-refractivity contribution in [3.63, 3.8) is 0 Å². The molecule has 2 aliphatic heterocycles. The van der Waals surface area contributed by atoms with Crippen molar-refractivity contribution in [3.05, 3.63) is 0 Å². The molecule has 0 saturated carbocycles. The van der Waals surface area contributed by atoms with Gasteiger partial charge in [-0.05, 0) is 0 Å². The zero-order valence-corrected chi connectivity index (χ0v) is 14.3. The Morgan fingerprint density at radius 1 is 0.963 bits per heavy atom. The van der Waals surface area contributed by atoms with Crippen LogP contribution in [0.15, 0.2) is 0 Å². The summed E-state index contributed by atoms with van der Waals surface area (Å²) in [5.41, 5.74) is 0. The van der Waals surface area contributed by atoms with E-state index < -0.39 is 75.7 Å². The van der Waals surface area contributed by atoms with Gasteiger partial charge in [0.25, 0.3) is 0 Å². The SMILES string of the molecule is O=P(O)(O)O[C@]1(O)O[C@H](CO)[C@@H](O[C@@H]2O[C@H](O)[C@@H](O)[C@H](O)[C@H]2O)[C@@H](O)[C@H]1O. The molecule has 16 heteroatoms. The van der Waals surface area contributed by atoms with Gasteiger partial charge in [0.1, 0.15) is 36.6 Å². The molecule has 0 spiro atoms. The van der Waals surface area contributed by atoms with Crippen LogP contribution < -0.4 is 0 Å². The molecule has 0 aromatic carbocycles. The highest BCUT2D eigenvalue weighted by Gasteiger charge is 2.58. The van der Waals surface area contributed by atoms with Crippen LogP contribution in [0.5, 0.6) is 0 Å². The first kappa shape index (κ1) is 23.0. The van der Waals surface area contributed by atoms with Crippen molar-refractivity contribution in [2.75, 3.05) is 6.61 Å². The molecule has 2 saturated heterocycles. The zero-order chi connectivity index (χ0) is 20.7. The average molecular weight is 424 g/mol. The Morgan fingerprint density at radius 2 is 1.56 bits per heavy atom. The number of ether oxygens (including phenoxy) is 3. The van der Waals surface area contributed by atoms with E-state index in [9.17, 15) is 45.4 Å². The molecule has 2 aliphatic rings. The van der Waals surface area contributed by atoms with Gasteiger partial charge in [0.2, 0.25) is 0 Å². The summed E-state index contributed by atoms with van der Waals surface area (Å²) in [6.45, 7) is -1.04. The topological polar surface area (TPSA) is 256 Å². The van der Waals surface area contributed by atoms with Gasteiger partial charge >= 0.3 is 13.8 Å². The fraction of sp³-hybridized carbons (Fsp3) is 1.00. The predicted octanol–water partition coefficient (Wildman–Crippen LogP) is -6.00. The second kappa shape index (κ2) is 8.19. The molecule has 0 amide bonds. The Morgan fingerprint density at radius 3 is 2.07 bits per heavy atom. The van der Waals surface area contributed by atoms with E-state index in [0.29, 0.717) is 0 Å². The summed E-state index contributed by atoms with van der Waals surface area (Å²) in [5.74, 6) is -3.42. The van der Waals surface area contributed by atoms with Crippen LogP contribution in [0.4, 0.5) is 0 Å². The summed E-state index contributed by atoms with van der Waals surface area (Å²) in [6.07, 6.45) is -18.0. The second-order valence-corrected chi connectivity index (χ2v) is 7.12. The number of rotatable bonds is 5. The molecule has 2 rings (SSSR count).